The predicted molar refractivity (Wildman–Crippen MR) is 97.5 cm³/mol. The van der Waals surface area contributed by atoms with Crippen molar-refractivity contribution in [1.29, 1.82) is 5.26 Å². The van der Waals surface area contributed by atoms with Gasteiger partial charge in [0.15, 0.2) is 0 Å². The summed E-state index contributed by atoms with van der Waals surface area (Å²) in [4.78, 5) is 19.3. The molecular formula is C18H15FN5OS+. The van der Waals surface area contributed by atoms with Crippen molar-refractivity contribution in [2.24, 2.45) is 5.73 Å². The van der Waals surface area contributed by atoms with E-state index in [4.69, 9.17) is 11.0 Å². The SMILES string of the molecule is CC1(c2cc(NC(=O)c3ccc(C#N)cn3)ccc2F)C=CSC(N)=[NH+]1. The molecule has 6 nitrogen and oxygen atoms in total. The Kier molecular flexibility index (Phi) is 4.73. The minimum absolute atomic E-state index is 0.158. The molecule has 0 spiro atoms. The lowest BCUT2D eigenvalue weighted by molar-refractivity contribution is -0.541. The molecule has 1 atom stereocenters. The van der Waals surface area contributed by atoms with Gasteiger partial charge in [0.05, 0.1) is 5.56 Å². The molecule has 26 heavy (non-hydrogen) atoms. The quantitative estimate of drug-likeness (QED) is 0.755. The first kappa shape index (κ1) is 17.6. The highest BCUT2D eigenvalue weighted by atomic mass is 32.2. The Morgan fingerprint density at radius 1 is 1.42 bits per heavy atom. The van der Waals surface area contributed by atoms with Crippen LogP contribution in [0.2, 0.25) is 0 Å². The predicted octanol–water partition coefficient (Wildman–Crippen LogP) is 1.22. The van der Waals surface area contributed by atoms with Crippen molar-refractivity contribution in [1.82, 2.24) is 4.98 Å². The highest BCUT2D eigenvalue weighted by Gasteiger charge is 2.32. The third kappa shape index (κ3) is 3.58. The standard InChI is InChI=1S/C18H14FN5OS/c1-18(6-7-26-17(21)24-18)13-8-12(3-4-14(13)19)23-16(25)15-5-2-11(9-20)10-22-15/h2-8,10H,1H3,(H2,21,24)(H,23,25)/p+1. The molecule has 1 unspecified atom stereocenters. The van der Waals surface area contributed by atoms with Gasteiger partial charge in [0.2, 0.25) is 0 Å². The first-order valence-corrected chi connectivity index (χ1v) is 8.52. The zero-order valence-electron chi connectivity index (χ0n) is 13.8. The van der Waals surface area contributed by atoms with Gasteiger partial charge < -0.3 is 5.32 Å². The Labute approximate surface area is 153 Å². The third-order valence-electron chi connectivity index (χ3n) is 3.89. The molecule has 1 aliphatic rings. The minimum Gasteiger partial charge on any atom is -0.321 e. The summed E-state index contributed by atoms with van der Waals surface area (Å²) < 4.78 is 14.4. The van der Waals surface area contributed by atoms with Crippen LogP contribution < -0.4 is 16.0 Å². The van der Waals surface area contributed by atoms with E-state index in [1.165, 1.54) is 42.2 Å². The molecule has 1 amide bonds. The second kappa shape index (κ2) is 6.98. The van der Waals surface area contributed by atoms with E-state index >= 15 is 0 Å². The van der Waals surface area contributed by atoms with Crippen LogP contribution in [0.25, 0.3) is 0 Å². The van der Waals surface area contributed by atoms with E-state index in [0.29, 0.717) is 22.0 Å². The molecule has 0 radical (unpaired) electrons. The largest absolute Gasteiger partial charge is 0.321 e. The van der Waals surface area contributed by atoms with Crippen LogP contribution in [-0.4, -0.2) is 16.1 Å². The summed E-state index contributed by atoms with van der Waals surface area (Å²) in [6.07, 6.45) is 3.12. The fourth-order valence-corrected chi connectivity index (χ4v) is 3.28. The van der Waals surface area contributed by atoms with Crippen molar-refractivity contribution in [2.75, 3.05) is 5.32 Å². The normalized spacial score (nSPS) is 18.7. The van der Waals surface area contributed by atoms with Crippen molar-refractivity contribution >= 4 is 28.5 Å². The number of anilines is 1. The first-order chi connectivity index (χ1) is 12.4. The van der Waals surface area contributed by atoms with Gasteiger partial charge in [-0.15, -0.1) is 0 Å². The molecule has 130 valence electrons. The lowest BCUT2D eigenvalue weighted by atomic mass is 9.92. The van der Waals surface area contributed by atoms with Crippen LogP contribution in [0.15, 0.2) is 48.0 Å². The van der Waals surface area contributed by atoms with E-state index in [2.05, 4.69) is 15.3 Å². The monoisotopic (exact) mass is 368 g/mol. The molecule has 0 saturated carbocycles. The topological polar surface area (TPSA) is 106 Å². The number of halogens is 1. The summed E-state index contributed by atoms with van der Waals surface area (Å²) in [5.41, 5.74) is 6.27. The van der Waals surface area contributed by atoms with Crippen LogP contribution in [0.5, 0.6) is 0 Å². The molecular weight excluding hydrogens is 353 g/mol. The summed E-state index contributed by atoms with van der Waals surface area (Å²) in [5, 5.41) is 13.7. The fourth-order valence-electron chi connectivity index (χ4n) is 2.52. The molecule has 0 saturated heterocycles. The molecule has 0 fully saturated rings. The molecule has 0 aliphatic carbocycles. The number of amidine groups is 1. The molecule has 2 aromatic rings. The van der Waals surface area contributed by atoms with E-state index < -0.39 is 17.3 Å². The molecule has 1 aromatic heterocycles. The van der Waals surface area contributed by atoms with Crippen LogP contribution >= 0.6 is 11.8 Å². The number of pyridine rings is 1. The van der Waals surface area contributed by atoms with Crippen molar-refractivity contribution in [3.05, 3.63) is 70.7 Å². The molecule has 8 heteroatoms. The summed E-state index contributed by atoms with van der Waals surface area (Å²) in [6, 6.07) is 9.21. The number of benzene rings is 1. The van der Waals surface area contributed by atoms with Crippen LogP contribution in [-0.2, 0) is 5.54 Å². The number of thioether (sulfide) groups is 1. The first-order valence-electron chi connectivity index (χ1n) is 7.64. The van der Waals surface area contributed by atoms with Gasteiger partial charge in [0, 0.05) is 17.4 Å². The average Bonchev–Trinajstić information content (AvgIpc) is 2.63. The number of carbonyl (C=O) groups excluding carboxylic acids is 1. The second-order valence-corrected chi connectivity index (χ2v) is 6.75. The lowest BCUT2D eigenvalue weighted by Gasteiger charge is -2.23. The number of aromatic nitrogens is 1. The number of hydrogen-bond acceptors (Lipinski definition) is 5. The third-order valence-corrected chi connectivity index (χ3v) is 4.52. The summed E-state index contributed by atoms with van der Waals surface area (Å²) in [7, 11) is 0. The maximum Gasteiger partial charge on any atom is 0.307 e. The second-order valence-electron chi connectivity index (χ2n) is 5.80. The van der Waals surface area contributed by atoms with Crippen LogP contribution in [0.4, 0.5) is 10.1 Å². The Morgan fingerprint density at radius 3 is 2.88 bits per heavy atom. The van der Waals surface area contributed by atoms with Gasteiger partial charge in [-0.1, -0.05) is 0 Å². The zero-order valence-corrected chi connectivity index (χ0v) is 14.6. The van der Waals surface area contributed by atoms with Gasteiger partial charge in [-0.25, -0.2) is 9.37 Å². The molecule has 0 bridgehead atoms. The number of rotatable bonds is 3. The zero-order chi connectivity index (χ0) is 18.7. The fraction of sp³-hybridized carbons (Fsp3) is 0.111. The number of amides is 1. The number of nitriles is 1. The maximum atomic E-state index is 14.4. The Hall–Kier alpha value is -3.18. The van der Waals surface area contributed by atoms with Gasteiger partial charge in [-0.05, 0) is 60.5 Å². The molecule has 4 N–H and O–H groups in total. The highest BCUT2D eigenvalue weighted by molar-refractivity contribution is 8.16. The minimum atomic E-state index is -0.827. The molecule has 3 rings (SSSR count). The highest BCUT2D eigenvalue weighted by Crippen LogP contribution is 2.27. The van der Waals surface area contributed by atoms with Gasteiger partial charge in [-0.2, -0.15) is 5.26 Å². The lowest BCUT2D eigenvalue weighted by Crippen LogP contribution is -2.85. The van der Waals surface area contributed by atoms with Gasteiger partial charge in [0.25, 0.3) is 5.91 Å². The molecule has 1 aromatic carbocycles. The van der Waals surface area contributed by atoms with E-state index in [1.807, 2.05) is 6.07 Å². The van der Waals surface area contributed by atoms with Crippen molar-refractivity contribution < 1.29 is 14.2 Å². The number of nitrogens with zero attached hydrogens (tertiary/aromatic N) is 2. The van der Waals surface area contributed by atoms with Gasteiger partial charge in [0.1, 0.15) is 23.1 Å². The van der Waals surface area contributed by atoms with Crippen molar-refractivity contribution in [3.63, 3.8) is 0 Å². The smallest absolute Gasteiger partial charge is 0.307 e. The van der Waals surface area contributed by atoms with Crippen LogP contribution in [0, 0.1) is 17.1 Å². The summed E-state index contributed by atoms with van der Waals surface area (Å²) in [5.74, 6) is -0.871. The van der Waals surface area contributed by atoms with Crippen LogP contribution in [0.1, 0.15) is 28.5 Å². The Morgan fingerprint density at radius 2 is 2.23 bits per heavy atom. The maximum absolute atomic E-state index is 14.4. The van der Waals surface area contributed by atoms with Gasteiger partial charge >= 0.3 is 5.17 Å². The van der Waals surface area contributed by atoms with E-state index in [1.54, 1.807) is 24.5 Å². The number of hydrogen-bond donors (Lipinski definition) is 3. The Balaban J connectivity index is 1.88. The van der Waals surface area contributed by atoms with Crippen molar-refractivity contribution in [2.45, 2.75) is 12.5 Å². The summed E-state index contributed by atoms with van der Waals surface area (Å²) >= 11 is 1.32. The molecule has 2 heterocycles. The van der Waals surface area contributed by atoms with Crippen LogP contribution in [0.3, 0.4) is 0 Å². The molecule has 1 aliphatic heterocycles. The Bertz CT molecular complexity index is 965. The number of nitrogens with two attached hydrogens (primary N) is 1. The number of nitrogens with one attached hydrogen (secondary N) is 2. The number of carbonyl (C=O) groups is 1. The van der Waals surface area contributed by atoms with Gasteiger partial charge in [-0.3, -0.25) is 15.5 Å². The van der Waals surface area contributed by atoms with E-state index in [9.17, 15) is 9.18 Å². The van der Waals surface area contributed by atoms with E-state index in [0.717, 1.165) is 0 Å². The average molecular weight is 368 g/mol. The van der Waals surface area contributed by atoms with Crippen molar-refractivity contribution in [3.8, 4) is 6.07 Å². The van der Waals surface area contributed by atoms with E-state index in [-0.39, 0.29) is 5.69 Å². The summed E-state index contributed by atoms with van der Waals surface area (Å²) in [6.45, 7) is 1.79.